The molecular weight excluding hydrogens is 324 g/mol. The van der Waals surface area contributed by atoms with Crippen molar-refractivity contribution in [2.45, 2.75) is 13.5 Å². The second-order valence-corrected chi connectivity index (χ2v) is 6.19. The molecule has 0 saturated carbocycles. The Bertz CT molecular complexity index is 991. The Morgan fingerprint density at radius 2 is 1.81 bits per heavy atom. The van der Waals surface area contributed by atoms with Crippen LogP contribution in [-0.2, 0) is 11.4 Å². The van der Waals surface area contributed by atoms with Crippen LogP contribution in [0.15, 0.2) is 66.7 Å². The maximum absolute atomic E-state index is 12.2. The molecule has 0 aliphatic carbocycles. The molecule has 4 nitrogen and oxygen atoms in total. The molecule has 1 aliphatic heterocycles. The van der Waals surface area contributed by atoms with E-state index in [1.165, 1.54) is 0 Å². The summed E-state index contributed by atoms with van der Waals surface area (Å²) in [6, 6.07) is 21.3. The van der Waals surface area contributed by atoms with Crippen LogP contribution in [0.2, 0.25) is 0 Å². The quantitative estimate of drug-likeness (QED) is 0.712. The maximum atomic E-state index is 12.2. The number of amides is 1. The van der Waals surface area contributed by atoms with Crippen LogP contribution in [0.25, 0.3) is 11.6 Å². The lowest BCUT2D eigenvalue weighted by molar-refractivity contribution is -0.110. The van der Waals surface area contributed by atoms with Gasteiger partial charge in [0.15, 0.2) is 0 Å². The third-order valence-corrected chi connectivity index (χ3v) is 4.23. The van der Waals surface area contributed by atoms with Gasteiger partial charge in [-0.2, -0.15) is 0 Å². The van der Waals surface area contributed by atoms with E-state index in [4.69, 9.17) is 4.74 Å². The largest absolute Gasteiger partial charge is 0.487 e. The third kappa shape index (κ3) is 3.35. The van der Waals surface area contributed by atoms with Gasteiger partial charge in [-0.15, -0.1) is 0 Å². The average molecular weight is 342 g/mol. The Morgan fingerprint density at radius 1 is 1.00 bits per heavy atom. The van der Waals surface area contributed by atoms with Gasteiger partial charge in [-0.05, 0) is 48.9 Å². The number of rotatable bonds is 4. The number of benzene rings is 2. The number of aryl methyl sites for hydroxylation is 1. The number of nitrogens with zero attached hydrogens (tertiary/aromatic N) is 1. The van der Waals surface area contributed by atoms with E-state index in [2.05, 4.69) is 10.3 Å². The Labute approximate surface area is 152 Å². The molecule has 2 aromatic carbocycles. The molecule has 0 unspecified atom stereocenters. The first kappa shape index (κ1) is 16.1. The molecular formula is C22H18N2O2. The molecule has 1 aliphatic rings. The fraction of sp³-hybridized carbons (Fsp3) is 0.0909. The highest BCUT2D eigenvalue weighted by molar-refractivity contribution is 6.34. The Balaban J connectivity index is 1.49. The standard InChI is InChI=1S/C22H18N2O2/c1-15-5-4-6-17(23-15)14-26-18-11-9-16(10-12-18)13-20-19-7-2-3-8-21(19)24-22(20)25/h2-13H,14H2,1H3,(H,24,25)/b20-13+. The number of anilines is 1. The van der Waals surface area contributed by atoms with Crippen molar-refractivity contribution in [3.63, 3.8) is 0 Å². The predicted octanol–water partition coefficient (Wildman–Crippen LogP) is 4.46. The van der Waals surface area contributed by atoms with Crippen molar-refractivity contribution in [1.29, 1.82) is 0 Å². The van der Waals surface area contributed by atoms with E-state index in [-0.39, 0.29) is 5.91 Å². The van der Waals surface area contributed by atoms with Crippen LogP contribution in [-0.4, -0.2) is 10.9 Å². The number of ether oxygens (including phenoxy) is 1. The van der Waals surface area contributed by atoms with E-state index in [0.717, 1.165) is 34.0 Å². The lowest BCUT2D eigenvalue weighted by Gasteiger charge is -2.07. The summed E-state index contributed by atoms with van der Waals surface area (Å²) in [6.07, 6.45) is 1.90. The van der Waals surface area contributed by atoms with Gasteiger partial charge in [0.05, 0.1) is 5.69 Å². The van der Waals surface area contributed by atoms with E-state index in [9.17, 15) is 4.79 Å². The number of fused-ring (bicyclic) bond motifs is 1. The van der Waals surface area contributed by atoms with Crippen LogP contribution >= 0.6 is 0 Å². The zero-order valence-electron chi connectivity index (χ0n) is 14.4. The van der Waals surface area contributed by atoms with Crippen molar-refractivity contribution in [3.8, 4) is 5.75 Å². The molecule has 26 heavy (non-hydrogen) atoms. The van der Waals surface area contributed by atoms with Crippen molar-refractivity contribution in [2.75, 3.05) is 5.32 Å². The predicted molar refractivity (Wildman–Crippen MR) is 103 cm³/mol. The van der Waals surface area contributed by atoms with Gasteiger partial charge in [-0.1, -0.05) is 36.4 Å². The van der Waals surface area contributed by atoms with Crippen LogP contribution in [0.5, 0.6) is 5.75 Å². The van der Waals surface area contributed by atoms with Crippen LogP contribution in [0.4, 0.5) is 5.69 Å². The Hall–Kier alpha value is -3.40. The number of carbonyl (C=O) groups excluding carboxylic acids is 1. The summed E-state index contributed by atoms with van der Waals surface area (Å²) in [5.74, 6) is 0.698. The highest BCUT2D eigenvalue weighted by atomic mass is 16.5. The number of carbonyl (C=O) groups is 1. The lowest BCUT2D eigenvalue weighted by atomic mass is 10.0. The van der Waals surface area contributed by atoms with Gasteiger partial charge in [0.2, 0.25) is 0 Å². The zero-order chi connectivity index (χ0) is 17.9. The topological polar surface area (TPSA) is 51.2 Å². The summed E-state index contributed by atoms with van der Waals surface area (Å²) >= 11 is 0. The number of nitrogens with one attached hydrogen (secondary N) is 1. The minimum atomic E-state index is -0.0722. The molecule has 0 atom stereocenters. The second-order valence-electron chi connectivity index (χ2n) is 6.19. The van der Waals surface area contributed by atoms with Crippen molar-refractivity contribution < 1.29 is 9.53 Å². The molecule has 0 fully saturated rings. The van der Waals surface area contributed by atoms with Crippen LogP contribution in [0.1, 0.15) is 22.5 Å². The molecule has 0 spiro atoms. The second kappa shape index (κ2) is 6.84. The number of pyridine rings is 1. The summed E-state index contributed by atoms with van der Waals surface area (Å²) in [6.45, 7) is 2.39. The molecule has 3 aromatic rings. The number of hydrogen-bond donors (Lipinski definition) is 1. The minimum absolute atomic E-state index is 0.0722. The summed E-state index contributed by atoms with van der Waals surface area (Å²) in [5, 5.41) is 2.88. The fourth-order valence-corrected chi connectivity index (χ4v) is 2.95. The van der Waals surface area contributed by atoms with Gasteiger partial charge in [0, 0.05) is 22.5 Å². The van der Waals surface area contributed by atoms with E-state index in [1.54, 1.807) is 0 Å². The van der Waals surface area contributed by atoms with E-state index in [1.807, 2.05) is 79.7 Å². The molecule has 1 N–H and O–H groups in total. The van der Waals surface area contributed by atoms with Gasteiger partial charge >= 0.3 is 0 Å². The van der Waals surface area contributed by atoms with Gasteiger partial charge < -0.3 is 10.1 Å². The molecule has 0 radical (unpaired) electrons. The molecule has 4 rings (SSSR count). The van der Waals surface area contributed by atoms with Crippen LogP contribution in [0.3, 0.4) is 0 Å². The van der Waals surface area contributed by atoms with Crippen LogP contribution in [0, 0.1) is 6.92 Å². The van der Waals surface area contributed by atoms with Crippen molar-refractivity contribution in [2.24, 2.45) is 0 Å². The average Bonchev–Trinajstić information content (AvgIpc) is 2.97. The number of hydrogen-bond acceptors (Lipinski definition) is 3. The molecule has 128 valence electrons. The fourth-order valence-electron chi connectivity index (χ4n) is 2.95. The zero-order valence-corrected chi connectivity index (χ0v) is 14.4. The van der Waals surface area contributed by atoms with Crippen molar-refractivity contribution in [3.05, 3.63) is 89.2 Å². The first-order valence-electron chi connectivity index (χ1n) is 8.47. The molecule has 1 amide bonds. The highest BCUT2D eigenvalue weighted by Crippen LogP contribution is 2.32. The highest BCUT2D eigenvalue weighted by Gasteiger charge is 2.23. The first-order chi connectivity index (χ1) is 12.7. The molecule has 2 heterocycles. The number of para-hydroxylation sites is 1. The molecule has 1 aromatic heterocycles. The number of aromatic nitrogens is 1. The summed E-state index contributed by atoms with van der Waals surface area (Å²) in [7, 11) is 0. The third-order valence-electron chi connectivity index (χ3n) is 4.23. The van der Waals surface area contributed by atoms with E-state index >= 15 is 0 Å². The SMILES string of the molecule is Cc1cccc(COc2ccc(/C=C3/C(=O)Nc4ccccc43)cc2)n1. The van der Waals surface area contributed by atoms with Gasteiger partial charge in [0.1, 0.15) is 12.4 Å². The van der Waals surface area contributed by atoms with E-state index < -0.39 is 0 Å². The Morgan fingerprint density at radius 3 is 2.62 bits per heavy atom. The van der Waals surface area contributed by atoms with Crippen molar-refractivity contribution in [1.82, 2.24) is 4.98 Å². The van der Waals surface area contributed by atoms with Crippen molar-refractivity contribution >= 4 is 23.2 Å². The molecule has 4 heteroatoms. The normalized spacial score (nSPS) is 14.2. The van der Waals surface area contributed by atoms with Gasteiger partial charge in [-0.25, -0.2) is 0 Å². The first-order valence-corrected chi connectivity index (χ1v) is 8.47. The van der Waals surface area contributed by atoms with Gasteiger partial charge in [-0.3, -0.25) is 9.78 Å². The maximum Gasteiger partial charge on any atom is 0.256 e. The van der Waals surface area contributed by atoms with E-state index in [0.29, 0.717) is 12.2 Å². The molecule has 0 saturated heterocycles. The van der Waals surface area contributed by atoms with Gasteiger partial charge in [0.25, 0.3) is 5.91 Å². The summed E-state index contributed by atoms with van der Waals surface area (Å²) in [5.41, 5.74) is 5.29. The summed E-state index contributed by atoms with van der Waals surface area (Å²) < 4.78 is 5.79. The van der Waals surface area contributed by atoms with Crippen LogP contribution < -0.4 is 10.1 Å². The molecule has 0 bridgehead atoms. The summed E-state index contributed by atoms with van der Waals surface area (Å²) in [4.78, 5) is 16.6. The monoisotopic (exact) mass is 342 g/mol. The smallest absolute Gasteiger partial charge is 0.256 e. The lowest BCUT2D eigenvalue weighted by Crippen LogP contribution is -2.03. The Kier molecular flexibility index (Phi) is 4.23. The minimum Gasteiger partial charge on any atom is -0.487 e.